The molecule has 7 nitrogen and oxygen atoms in total. The van der Waals surface area contributed by atoms with Gasteiger partial charge in [0.25, 0.3) is 0 Å². The van der Waals surface area contributed by atoms with E-state index in [1.54, 1.807) is 18.2 Å². The number of carbonyl (C=O) groups excluding carboxylic acids is 2. The molecule has 3 N–H and O–H groups in total. The molecular formula is C22H27BrN3O4S-. The molecule has 5 aliphatic carbocycles. The first kappa shape index (κ1) is 21.4. The lowest BCUT2D eigenvalue weighted by Gasteiger charge is -2.59. The number of nitrogens with two attached hydrogens (primary N) is 1. The fourth-order valence-electron chi connectivity index (χ4n) is 6.95. The SMILES string of the molecule is NC(=O)C12CC3CC(C1)C(NC(=O)C1(N(c4ccccc4Br)S(=O)[O-])CCC1)C(C3)C2. The highest BCUT2D eigenvalue weighted by Gasteiger charge is 2.59. The van der Waals surface area contributed by atoms with E-state index in [-0.39, 0.29) is 29.7 Å². The Bertz CT molecular complexity index is 936. The van der Waals surface area contributed by atoms with Crippen molar-refractivity contribution in [3.63, 3.8) is 0 Å². The predicted molar refractivity (Wildman–Crippen MR) is 119 cm³/mol. The number of para-hydroxylation sites is 1. The smallest absolute Gasteiger partial charge is 0.247 e. The van der Waals surface area contributed by atoms with Gasteiger partial charge in [-0.15, -0.1) is 0 Å². The number of hydrogen-bond donors (Lipinski definition) is 2. The molecule has 5 aliphatic rings. The summed E-state index contributed by atoms with van der Waals surface area (Å²) in [5.74, 6) is 0.545. The molecule has 1 aromatic rings. The van der Waals surface area contributed by atoms with Crippen molar-refractivity contribution in [3.8, 4) is 0 Å². The highest BCUT2D eigenvalue weighted by molar-refractivity contribution is 9.10. The Hall–Kier alpha value is -1.45. The number of anilines is 1. The van der Waals surface area contributed by atoms with E-state index in [1.165, 1.54) is 4.31 Å². The van der Waals surface area contributed by atoms with Crippen molar-refractivity contribution in [3.05, 3.63) is 28.7 Å². The maximum atomic E-state index is 13.7. The maximum Gasteiger partial charge on any atom is 0.247 e. The van der Waals surface area contributed by atoms with Gasteiger partial charge in [0.1, 0.15) is 5.54 Å². The maximum absolute atomic E-state index is 13.7. The zero-order chi connectivity index (χ0) is 22.0. The van der Waals surface area contributed by atoms with Crippen molar-refractivity contribution < 1.29 is 18.4 Å². The molecule has 5 fully saturated rings. The Morgan fingerprint density at radius 2 is 1.81 bits per heavy atom. The minimum atomic E-state index is -2.60. The van der Waals surface area contributed by atoms with E-state index < -0.39 is 22.2 Å². The van der Waals surface area contributed by atoms with Gasteiger partial charge in [0.15, 0.2) is 0 Å². The lowest BCUT2D eigenvalue weighted by molar-refractivity contribution is -0.148. The summed E-state index contributed by atoms with van der Waals surface area (Å²) < 4.78 is 26.5. The number of rotatable bonds is 6. The summed E-state index contributed by atoms with van der Waals surface area (Å²) in [4.78, 5) is 25.9. The number of nitrogens with one attached hydrogen (secondary N) is 1. The third-order valence-corrected chi connectivity index (χ3v) is 9.82. The second-order valence-corrected chi connectivity index (χ2v) is 11.6. The van der Waals surface area contributed by atoms with Crippen LogP contribution >= 0.6 is 15.9 Å². The van der Waals surface area contributed by atoms with Gasteiger partial charge in [-0.25, -0.2) is 0 Å². The molecular weight excluding hydrogens is 482 g/mol. The molecule has 0 aliphatic heterocycles. The van der Waals surface area contributed by atoms with Crippen LogP contribution in [-0.4, -0.2) is 32.2 Å². The van der Waals surface area contributed by atoms with Gasteiger partial charge in [0.05, 0.1) is 5.69 Å². The lowest BCUT2D eigenvalue weighted by atomic mass is 9.47. The van der Waals surface area contributed by atoms with Crippen molar-refractivity contribution in [2.24, 2.45) is 28.9 Å². The van der Waals surface area contributed by atoms with Gasteiger partial charge in [-0.05, 0) is 97.2 Å². The van der Waals surface area contributed by atoms with E-state index in [0.29, 0.717) is 28.9 Å². The first-order valence-corrected chi connectivity index (χ1v) is 12.8. The van der Waals surface area contributed by atoms with Crippen molar-refractivity contribution in [2.45, 2.75) is 62.9 Å². The van der Waals surface area contributed by atoms with Crippen molar-refractivity contribution in [2.75, 3.05) is 4.31 Å². The van der Waals surface area contributed by atoms with E-state index in [0.717, 1.165) is 38.5 Å². The van der Waals surface area contributed by atoms with Gasteiger partial charge < -0.3 is 15.6 Å². The van der Waals surface area contributed by atoms with Gasteiger partial charge in [0, 0.05) is 27.2 Å². The van der Waals surface area contributed by atoms with E-state index >= 15 is 0 Å². The molecule has 6 rings (SSSR count). The normalized spacial score (nSPS) is 35.8. The highest BCUT2D eigenvalue weighted by atomic mass is 79.9. The Balaban J connectivity index is 1.41. The molecule has 1 aromatic carbocycles. The molecule has 3 atom stereocenters. The van der Waals surface area contributed by atoms with Crippen molar-refractivity contribution >= 4 is 44.7 Å². The molecule has 0 aromatic heterocycles. The zero-order valence-corrected chi connectivity index (χ0v) is 19.6. The Kier molecular flexibility index (Phi) is 5.22. The average molecular weight is 509 g/mol. The minimum Gasteiger partial charge on any atom is -0.755 e. The monoisotopic (exact) mass is 508 g/mol. The summed E-state index contributed by atoms with van der Waals surface area (Å²) in [5.41, 5.74) is 4.74. The predicted octanol–water partition coefficient (Wildman–Crippen LogP) is 2.77. The number of primary amides is 1. The van der Waals surface area contributed by atoms with Gasteiger partial charge in [-0.2, -0.15) is 0 Å². The van der Waals surface area contributed by atoms with Gasteiger partial charge >= 0.3 is 0 Å². The summed E-state index contributed by atoms with van der Waals surface area (Å²) in [6.07, 6.45) is 6.13. The summed E-state index contributed by atoms with van der Waals surface area (Å²) in [5, 5.41) is 3.26. The van der Waals surface area contributed by atoms with Crippen LogP contribution in [-0.2, 0) is 20.9 Å². The first-order valence-electron chi connectivity index (χ1n) is 11.0. The second-order valence-electron chi connectivity index (χ2n) is 9.96. The topological polar surface area (TPSA) is 116 Å². The fraction of sp³-hybridized carbons (Fsp3) is 0.636. The Morgan fingerprint density at radius 3 is 2.32 bits per heavy atom. The lowest BCUT2D eigenvalue weighted by Crippen LogP contribution is -2.68. The highest BCUT2D eigenvalue weighted by Crippen LogP contribution is 2.60. The number of halogens is 1. The standard InChI is InChI=1S/C22H28BrN3O4S/c23-16-4-1-2-5-17(16)26(31(29)30)22(6-3-7-22)20(28)25-18-14-8-13-9-15(18)12-21(10-13,11-14)19(24)27/h1-2,4-5,13-15,18H,3,6-12H2,(H2,24,27)(H,25,28)(H,29,30)/p-1. The molecule has 0 heterocycles. The fourth-order valence-corrected chi connectivity index (χ4v) is 8.40. The molecule has 0 radical (unpaired) electrons. The van der Waals surface area contributed by atoms with Crippen molar-refractivity contribution in [1.82, 2.24) is 5.32 Å². The first-order chi connectivity index (χ1) is 14.8. The molecule has 168 valence electrons. The van der Waals surface area contributed by atoms with Crippen LogP contribution in [0, 0.1) is 23.2 Å². The minimum absolute atomic E-state index is 0.0184. The molecule has 5 saturated carbocycles. The summed E-state index contributed by atoms with van der Waals surface area (Å²) in [6, 6.07) is 7.06. The quantitative estimate of drug-likeness (QED) is 0.574. The third-order valence-electron chi connectivity index (χ3n) is 8.31. The number of amides is 2. The molecule has 2 amide bonds. The van der Waals surface area contributed by atoms with Crippen LogP contribution in [0.3, 0.4) is 0 Å². The number of hydrogen-bond acceptors (Lipinski definition) is 4. The number of carbonyl (C=O) groups is 2. The molecule has 4 bridgehead atoms. The number of benzene rings is 1. The van der Waals surface area contributed by atoms with Gasteiger partial charge in [-0.1, -0.05) is 12.1 Å². The summed E-state index contributed by atoms with van der Waals surface area (Å²) >= 11 is 0.843. The van der Waals surface area contributed by atoms with E-state index in [2.05, 4.69) is 21.2 Å². The summed E-state index contributed by atoms with van der Waals surface area (Å²) in [7, 11) is 0. The third kappa shape index (κ3) is 3.26. The van der Waals surface area contributed by atoms with Gasteiger partial charge in [-0.3, -0.25) is 18.1 Å². The Morgan fingerprint density at radius 1 is 1.16 bits per heavy atom. The van der Waals surface area contributed by atoms with Crippen LogP contribution in [0.2, 0.25) is 0 Å². The van der Waals surface area contributed by atoms with E-state index in [9.17, 15) is 18.4 Å². The molecule has 9 heteroatoms. The summed E-state index contributed by atoms with van der Waals surface area (Å²) in [6.45, 7) is 0. The van der Waals surface area contributed by atoms with Gasteiger partial charge in [0.2, 0.25) is 11.8 Å². The van der Waals surface area contributed by atoms with Crippen LogP contribution < -0.4 is 15.4 Å². The number of nitrogens with zero attached hydrogens (tertiary/aromatic N) is 1. The molecule has 31 heavy (non-hydrogen) atoms. The van der Waals surface area contributed by atoms with Crippen LogP contribution in [0.1, 0.15) is 51.4 Å². The average Bonchev–Trinajstić information content (AvgIpc) is 2.67. The molecule has 0 spiro atoms. The largest absolute Gasteiger partial charge is 0.755 e. The van der Waals surface area contributed by atoms with Crippen LogP contribution in [0.4, 0.5) is 5.69 Å². The van der Waals surface area contributed by atoms with Crippen LogP contribution in [0.5, 0.6) is 0 Å². The van der Waals surface area contributed by atoms with Crippen LogP contribution in [0.15, 0.2) is 28.7 Å². The second kappa shape index (κ2) is 7.56. The zero-order valence-electron chi connectivity index (χ0n) is 17.2. The molecule has 3 unspecified atom stereocenters. The Labute approximate surface area is 193 Å². The van der Waals surface area contributed by atoms with Crippen LogP contribution in [0.25, 0.3) is 0 Å². The van der Waals surface area contributed by atoms with E-state index in [1.807, 2.05) is 6.07 Å². The van der Waals surface area contributed by atoms with E-state index in [4.69, 9.17) is 5.73 Å². The van der Waals surface area contributed by atoms with Crippen molar-refractivity contribution in [1.29, 1.82) is 0 Å². The molecule has 0 saturated heterocycles.